The van der Waals surface area contributed by atoms with Crippen LogP contribution in [0.3, 0.4) is 0 Å². The lowest BCUT2D eigenvalue weighted by Crippen LogP contribution is -2.15. The van der Waals surface area contributed by atoms with Crippen LogP contribution >= 0.6 is 0 Å². The molecule has 0 amide bonds. The lowest BCUT2D eigenvalue weighted by Gasteiger charge is -2.17. The Bertz CT molecular complexity index is 1400. The molecule has 0 saturated heterocycles. The maximum atomic E-state index is 15.5. The summed E-state index contributed by atoms with van der Waals surface area (Å²) in [6.45, 7) is 4.32. The van der Waals surface area contributed by atoms with Crippen LogP contribution in [-0.4, -0.2) is 30.9 Å². The van der Waals surface area contributed by atoms with Crippen molar-refractivity contribution >= 4 is 7.69 Å². The third kappa shape index (κ3) is 8.89. The van der Waals surface area contributed by atoms with Crippen LogP contribution in [0.5, 0.6) is 23.0 Å². The average Bonchev–Trinajstić information content (AvgIpc) is 3.06. The minimum absolute atomic E-state index is 0.0419. The zero-order valence-corrected chi connectivity index (χ0v) is 25.6. The summed E-state index contributed by atoms with van der Waals surface area (Å²) >= 11 is 0. The molecule has 0 bridgehead atoms. The third-order valence-corrected chi connectivity index (χ3v) is 7.05. The molecule has 0 spiro atoms. The van der Waals surface area contributed by atoms with E-state index in [4.69, 9.17) is 18.8 Å². The summed E-state index contributed by atoms with van der Waals surface area (Å²) in [7, 11) is -0.694. The maximum Gasteiger partial charge on any atom is 0.576 e. The van der Waals surface area contributed by atoms with E-state index in [0.717, 1.165) is 50.7 Å². The Morgan fingerprint density at radius 2 is 1.02 bits per heavy atom. The number of rotatable bonds is 18. The summed E-state index contributed by atoms with van der Waals surface area (Å²) in [4.78, 5) is 8.34. The van der Waals surface area contributed by atoms with Crippen molar-refractivity contribution in [3.8, 4) is 45.5 Å². The number of benzene rings is 2. The third-order valence-electron chi connectivity index (χ3n) is 7.05. The molecule has 0 radical (unpaired) electrons. The van der Waals surface area contributed by atoms with Crippen molar-refractivity contribution in [2.75, 3.05) is 13.2 Å². The largest absolute Gasteiger partial charge is 0.576 e. The topological polar surface area (TPSA) is 62.7 Å². The molecule has 0 unspecified atom stereocenters. The van der Waals surface area contributed by atoms with E-state index in [9.17, 15) is 0 Å². The molecular weight excluding hydrogens is 587 g/mol. The fraction of sp³-hybridized carbons (Fsp3) is 0.353. The first kappa shape index (κ1) is 33.6. The van der Waals surface area contributed by atoms with Crippen LogP contribution in [-0.2, 0) is 0 Å². The predicted molar refractivity (Wildman–Crippen MR) is 167 cm³/mol. The van der Waals surface area contributed by atoms with Crippen LogP contribution in [0.25, 0.3) is 22.5 Å². The first-order chi connectivity index (χ1) is 22.0. The second-order valence-corrected chi connectivity index (χ2v) is 10.4. The zero-order valence-electron chi connectivity index (χ0n) is 25.6. The average molecular weight is 624 g/mol. The molecule has 6 nitrogen and oxygen atoms in total. The molecule has 2 aromatic carbocycles. The molecule has 0 aliphatic rings. The molecule has 0 aliphatic heterocycles. The Balaban J connectivity index is 1.60. The molecule has 2 aromatic heterocycles. The molecule has 238 valence electrons. The molecule has 4 aromatic rings. The minimum atomic E-state index is -1.07. The van der Waals surface area contributed by atoms with Crippen molar-refractivity contribution in [1.82, 2.24) is 9.97 Å². The van der Waals surface area contributed by atoms with E-state index < -0.39 is 42.5 Å². The summed E-state index contributed by atoms with van der Waals surface area (Å²) in [5, 5.41) is 0. The van der Waals surface area contributed by atoms with Gasteiger partial charge in [0.1, 0.15) is 11.5 Å². The van der Waals surface area contributed by atoms with Crippen LogP contribution in [0.4, 0.5) is 17.6 Å². The van der Waals surface area contributed by atoms with Gasteiger partial charge in [-0.3, -0.25) is 9.97 Å². The van der Waals surface area contributed by atoms with Gasteiger partial charge in [-0.1, -0.05) is 64.5 Å². The van der Waals surface area contributed by atoms with Crippen molar-refractivity contribution in [1.29, 1.82) is 0 Å². The van der Waals surface area contributed by atoms with Crippen molar-refractivity contribution < 1.29 is 36.3 Å². The lowest BCUT2D eigenvalue weighted by atomic mass is 10.1. The number of nitrogens with zero attached hydrogens (tertiary/aromatic N) is 2. The standard InChI is InChI=1S/C34H37BF4N2O4/c1-3-5-7-13-19-42-33-29(36)23(25-15-9-11-17-40-25)21-27(31(33)38)44-35-45-28-22-24(26-16-10-12-18-41-26)30(37)34(32(28)39)43-20-14-8-6-4-2/h9-12,15-18,21-22,35H,3-8,13-14,19-20H2,1-2H3. The van der Waals surface area contributed by atoms with E-state index in [-0.39, 0.29) is 47.2 Å². The molecule has 2 heterocycles. The number of unbranched alkanes of at least 4 members (excludes halogenated alkanes) is 6. The molecule has 45 heavy (non-hydrogen) atoms. The lowest BCUT2D eigenvalue weighted by molar-refractivity contribution is 0.270. The normalized spacial score (nSPS) is 10.9. The van der Waals surface area contributed by atoms with Crippen molar-refractivity contribution in [2.45, 2.75) is 65.2 Å². The van der Waals surface area contributed by atoms with Crippen molar-refractivity contribution in [2.24, 2.45) is 0 Å². The fourth-order valence-corrected chi connectivity index (χ4v) is 4.62. The molecule has 0 N–H and O–H groups in total. The van der Waals surface area contributed by atoms with Gasteiger partial charge >= 0.3 is 7.69 Å². The Hall–Kier alpha value is -4.28. The van der Waals surface area contributed by atoms with Crippen LogP contribution in [0.1, 0.15) is 65.2 Å². The molecule has 11 heteroatoms. The van der Waals surface area contributed by atoms with Gasteiger partial charge in [0.25, 0.3) is 0 Å². The van der Waals surface area contributed by atoms with Crippen LogP contribution in [0.2, 0.25) is 0 Å². The highest BCUT2D eigenvalue weighted by molar-refractivity contribution is 6.20. The number of ether oxygens (including phenoxy) is 2. The fourth-order valence-electron chi connectivity index (χ4n) is 4.62. The first-order valence-electron chi connectivity index (χ1n) is 15.3. The Morgan fingerprint density at radius 3 is 1.40 bits per heavy atom. The second-order valence-electron chi connectivity index (χ2n) is 10.4. The Morgan fingerprint density at radius 1 is 0.578 bits per heavy atom. The predicted octanol–water partition coefficient (Wildman–Crippen LogP) is 9.01. The van der Waals surface area contributed by atoms with Gasteiger partial charge in [-0.15, -0.1) is 0 Å². The zero-order chi connectivity index (χ0) is 32.0. The summed E-state index contributed by atoms with van der Waals surface area (Å²) in [6.07, 6.45) is 9.84. The van der Waals surface area contributed by atoms with Gasteiger partial charge < -0.3 is 18.8 Å². The summed E-state index contributed by atoms with van der Waals surface area (Å²) in [5.74, 6) is -5.96. The number of pyridine rings is 2. The molecule has 0 atom stereocenters. The Kier molecular flexibility index (Phi) is 12.9. The van der Waals surface area contributed by atoms with E-state index in [0.29, 0.717) is 12.8 Å². The van der Waals surface area contributed by atoms with Crippen molar-refractivity contribution in [3.05, 3.63) is 84.2 Å². The summed E-state index contributed by atoms with van der Waals surface area (Å²) < 4.78 is 84.2. The van der Waals surface area contributed by atoms with E-state index in [1.54, 1.807) is 36.4 Å². The van der Waals surface area contributed by atoms with Gasteiger partial charge in [-0.25, -0.2) is 8.78 Å². The smallest absolute Gasteiger partial charge is 0.526 e. The van der Waals surface area contributed by atoms with Crippen LogP contribution in [0, 0.1) is 23.3 Å². The number of halogens is 4. The summed E-state index contributed by atoms with van der Waals surface area (Å²) in [5.41, 5.74) is 0.392. The minimum Gasteiger partial charge on any atom is -0.526 e. The highest BCUT2D eigenvalue weighted by Gasteiger charge is 2.25. The molecule has 4 rings (SSSR count). The maximum absolute atomic E-state index is 15.5. The number of aromatic nitrogens is 2. The van der Waals surface area contributed by atoms with E-state index >= 15 is 17.6 Å². The number of hydrogen-bond donors (Lipinski definition) is 0. The second kappa shape index (κ2) is 17.3. The molecule has 0 aliphatic carbocycles. The van der Waals surface area contributed by atoms with Gasteiger partial charge in [0.2, 0.25) is 11.6 Å². The van der Waals surface area contributed by atoms with Gasteiger partial charge in [0.05, 0.1) is 24.6 Å². The van der Waals surface area contributed by atoms with Gasteiger partial charge in [-0.05, 0) is 49.2 Å². The van der Waals surface area contributed by atoms with Gasteiger partial charge in [0, 0.05) is 23.5 Å². The van der Waals surface area contributed by atoms with E-state index in [1.165, 1.54) is 12.4 Å². The van der Waals surface area contributed by atoms with E-state index in [2.05, 4.69) is 23.8 Å². The SMILES string of the molecule is CCCCCCOc1c(F)c(OBOc2cc(-c3ccccn3)c(F)c(OCCCCCC)c2F)cc(-c2ccccn2)c1F. The Labute approximate surface area is 262 Å². The van der Waals surface area contributed by atoms with Crippen molar-refractivity contribution in [3.63, 3.8) is 0 Å². The number of hydrogen-bond acceptors (Lipinski definition) is 6. The van der Waals surface area contributed by atoms with Gasteiger partial charge in [-0.2, -0.15) is 8.78 Å². The van der Waals surface area contributed by atoms with Crippen LogP contribution in [0.15, 0.2) is 60.9 Å². The molecule has 0 fully saturated rings. The van der Waals surface area contributed by atoms with Gasteiger partial charge in [0.15, 0.2) is 23.1 Å². The van der Waals surface area contributed by atoms with E-state index in [1.807, 2.05) is 0 Å². The summed E-state index contributed by atoms with van der Waals surface area (Å²) in [6, 6.07) is 12.1. The first-order valence-corrected chi connectivity index (χ1v) is 15.3. The van der Waals surface area contributed by atoms with Crippen LogP contribution < -0.4 is 18.8 Å². The monoisotopic (exact) mass is 624 g/mol. The quantitative estimate of drug-likeness (QED) is 0.0626. The molecule has 0 saturated carbocycles. The highest BCUT2D eigenvalue weighted by atomic mass is 19.1. The molecular formula is C34H37BF4N2O4. The highest BCUT2D eigenvalue weighted by Crippen LogP contribution is 2.39.